The third-order valence-electron chi connectivity index (χ3n) is 7.96. The highest BCUT2D eigenvalue weighted by Crippen LogP contribution is 2.41. The van der Waals surface area contributed by atoms with E-state index >= 15 is 0 Å². The molecule has 0 aliphatic rings. The van der Waals surface area contributed by atoms with E-state index in [0.29, 0.717) is 44.2 Å². The molecule has 6 aromatic rings. The number of amides is 1. The van der Waals surface area contributed by atoms with Gasteiger partial charge in [0.05, 0.1) is 34.5 Å². The van der Waals surface area contributed by atoms with Crippen molar-refractivity contribution in [3.8, 4) is 22.5 Å². The molecule has 0 spiro atoms. The van der Waals surface area contributed by atoms with Gasteiger partial charge in [-0.15, -0.1) is 0 Å². The number of hydrogen-bond donors (Lipinski definition) is 1. The van der Waals surface area contributed by atoms with Crippen LogP contribution in [0.25, 0.3) is 44.3 Å². The molecule has 0 bridgehead atoms. The first-order chi connectivity index (χ1) is 21.6. The third kappa shape index (κ3) is 5.40. The summed E-state index contributed by atoms with van der Waals surface area (Å²) in [5, 5.41) is 3.49. The molecule has 0 fully saturated rings. The van der Waals surface area contributed by atoms with Crippen molar-refractivity contribution < 1.29 is 22.2 Å². The van der Waals surface area contributed by atoms with Gasteiger partial charge in [-0.25, -0.2) is 18.0 Å². The fourth-order valence-corrected chi connectivity index (χ4v) is 5.83. The number of benzene rings is 4. The van der Waals surface area contributed by atoms with Crippen LogP contribution < -0.4 is 15.2 Å². The lowest BCUT2D eigenvalue weighted by molar-refractivity contribution is 0.0964. The average molecular weight is 627 g/mol. The van der Waals surface area contributed by atoms with Crippen LogP contribution in [0.3, 0.4) is 0 Å². The zero-order valence-electron chi connectivity index (χ0n) is 24.8. The molecule has 1 N–H and O–H groups in total. The van der Waals surface area contributed by atoms with Gasteiger partial charge in [-0.1, -0.05) is 18.2 Å². The Labute approximate surface area is 259 Å². The van der Waals surface area contributed by atoms with E-state index in [9.17, 15) is 22.6 Å². The van der Waals surface area contributed by atoms with Gasteiger partial charge < -0.3 is 9.73 Å². The second-order valence-corrected chi connectivity index (χ2v) is 12.0. The summed E-state index contributed by atoms with van der Waals surface area (Å²) in [6.07, 6.45) is 3.01. The summed E-state index contributed by atoms with van der Waals surface area (Å²) in [6, 6.07) is 19.9. The van der Waals surface area contributed by atoms with Crippen LogP contribution in [-0.2, 0) is 11.0 Å². The van der Waals surface area contributed by atoms with Gasteiger partial charge in [-0.3, -0.25) is 18.5 Å². The third-order valence-corrected chi connectivity index (χ3v) is 8.92. The smallest absolute Gasteiger partial charge is 0.261 e. The summed E-state index contributed by atoms with van der Waals surface area (Å²) in [7, 11) is 1.74. The SMILES string of the molecule is CNC(=O)c1c(-c2ccc(F)cc2)oc2cc(N(C)S(C)=O)c(-c3ccc4ncn(C(C)c5ccc(F)cc5)c(=O)c4c3)cc12. The van der Waals surface area contributed by atoms with Crippen molar-refractivity contribution in [3.63, 3.8) is 0 Å². The highest BCUT2D eigenvalue weighted by Gasteiger charge is 2.25. The highest BCUT2D eigenvalue weighted by atomic mass is 32.2. The van der Waals surface area contributed by atoms with Gasteiger partial charge in [-0.2, -0.15) is 0 Å². The van der Waals surface area contributed by atoms with Gasteiger partial charge in [0, 0.05) is 42.9 Å². The molecule has 228 valence electrons. The fourth-order valence-electron chi connectivity index (χ4n) is 5.40. The van der Waals surface area contributed by atoms with Gasteiger partial charge in [0.1, 0.15) is 34.0 Å². The summed E-state index contributed by atoms with van der Waals surface area (Å²) in [4.78, 5) is 31.5. The number of furan rings is 1. The highest BCUT2D eigenvalue weighted by molar-refractivity contribution is 7.85. The van der Waals surface area contributed by atoms with Crippen molar-refractivity contribution in [2.75, 3.05) is 24.7 Å². The van der Waals surface area contributed by atoms with Gasteiger partial charge >= 0.3 is 0 Å². The fraction of sp³-hybridized carbons (Fsp3) is 0.147. The van der Waals surface area contributed by atoms with Gasteiger partial charge in [0.15, 0.2) is 0 Å². The molecule has 1 amide bonds. The zero-order chi connectivity index (χ0) is 32.0. The monoisotopic (exact) mass is 626 g/mol. The maximum atomic E-state index is 13.8. The lowest BCUT2D eigenvalue weighted by Gasteiger charge is -2.20. The van der Waals surface area contributed by atoms with Crippen LogP contribution in [0.2, 0.25) is 0 Å². The Balaban J connectivity index is 1.58. The molecule has 0 aliphatic carbocycles. The predicted molar refractivity (Wildman–Crippen MR) is 173 cm³/mol. The van der Waals surface area contributed by atoms with Gasteiger partial charge in [-0.05, 0) is 72.6 Å². The molecule has 0 saturated heterocycles. The van der Waals surface area contributed by atoms with Crippen LogP contribution in [-0.4, -0.2) is 40.0 Å². The number of nitrogens with zero attached hydrogens (tertiary/aromatic N) is 3. The number of fused-ring (bicyclic) bond motifs is 2. The number of hydrogen-bond acceptors (Lipinski definition) is 5. The number of anilines is 1. The number of carbonyl (C=O) groups is 1. The first-order valence-corrected chi connectivity index (χ1v) is 15.5. The number of carbonyl (C=O) groups excluding carboxylic acids is 1. The van der Waals surface area contributed by atoms with Crippen molar-refractivity contribution in [1.29, 1.82) is 0 Å². The standard InChI is InChI=1S/C34H28F2N4O4S/c1-19(20-5-10-23(35)11-6-20)40-18-38-28-14-9-22(15-26(28)34(40)42)25-16-27-30(17-29(25)39(3)45(4)43)44-32(31(27)33(41)37-2)21-7-12-24(36)13-8-21/h5-19H,1-4H3,(H,37,41). The molecule has 0 saturated carbocycles. The molecule has 0 aliphatic heterocycles. The van der Waals surface area contributed by atoms with E-state index in [1.807, 2.05) is 6.92 Å². The number of halogens is 2. The van der Waals surface area contributed by atoms with E-state index in [1.165, 1.54) is 60.6 Å². The first kappa shape index (κ1) is 29.9. The van der Waals surface area contributed by atoms with Crippen LogP contribution in [0.15, 0.2) is 94.4 Å². The number of nitrogens with one attached hydrogen (secondary N) is 1. The van der Waals surface area contributed by atoms with Crippen LogP contribution >= 0.6 is 0 Å². The van der Waals surface area contributed by atoms with Crippen LogP contribution in [0.1, 0.15) is 28.9 Å². The molecule has 8 nitrogen and oxygen atoms in total. The van der Waals surface area contributed by atoms with E-state index in [4.69, 9.17) is 4.42 Å². The molecule has 6 rings (SSSR count). The molecule has 2 heterocycles. The minimum atomic E-state index is -1.43. The Morgan fingerprint density at radius 3 is 2.24 bits per heavy atom. The Bertz CT molecular complexity index is 2180. The van der Waals surface area contributed by atoms with Crippen molar-refractivity contribution in [3.05, 3.63) is 118 Å². The number of rotatable bonds is 7. The second-order valence-electron chi connectivity index (χ2n) is 10.6. The summed E-state index contributed by atoms with van der Waals surface area (Å²) in [5.74, 6) is -0.940. The first-order valence-electron chi connectivity index (χ1n) is 14.0. The molecule has 11 heteroatoms. The zero-order valence-corrected chi connectivity index (χ0v) is 25.6. The lowest BCUT2D eigenvalue weighted by Crippen LogP contribution is -2.24. The Morgan fingerprint density at radius 1 is 0.956 bits per heavy atom. The van der Waals surface area contributed by atoms with E-state index in [1.54, 1.807) is 53.8 Å². The molecule has 2 aromatic heterocycles. The lowest BCUT2D eigenvalue weighted by atomic mass is 9.97. The summed E-state index contributed by atoms with van der Waals surface area (Å²) >= 11 is 0. The summed E-state index contributed by atoms with van der Waals surface area (Å²) in [6.45, 7) is 1.83. The molecular weight excluding hydrogens is 598 g/mol. The van der Waals surface area contributed by atoms with Crippen LogP contribution in [0.5, 0.6) is 0 Å². The topological polar surface area (TPSA) is 97.4 Å². The van der Waals surface area contributed by atoms with Crippen LogP contribution in [0, 0.1) is 11.6 Å². The second kappa shape index (κ2) is 11.7. The molecule has 45 heavy (non-hydrogen) atoms. The van der Waals surface area contributed by atoms with Crippen molar-refractivity contribution in [2.24, 2.45) is 0 Å². The predicted octanol–water partition coefficient (Wildman–Crippen LogP) is 6.45. The minimum Gasteiger partial charge on any atom is -0.455 e. The Morgan fingerprint density at radius 2 is 1.60 bits per heavy atom. The quantitative estimate of drug-likeness (QED) is 0.220. The molecule has 4 aromatic carbocycles. The van der Waals surface area contributed by atoms with Crippen LogP contribution in [0.4, 0.5) is 14.5 Å². The van der Waals surface area contributed by atoms with E-state index in [-0.39, 0.29) is 22.7 Å². The van der Waals surface area contributed by atoms with E-state index in [2.05, 4.69) is 10.3 Å². The summed E-state index contributed by atoms with van der Waals surface area (Å²) < 4.78 is 49.2. The van der Waals surface area contributed by atoms with Crippen molar-refractivity contribution in [2.45, 2.75) is 13.0 Å². The molecule has 2 unspecified atom stereocenters. The Hall–Kier alpha value is -5.16. The number of aromatic nitrogens is 2. The minimum absolute atomic E-state index is 0.255. The average Bonchev–Trinajstić information content (AvgIpc) is 3.42. The van der Waals surface area contributed by atoms with Gasteiger partial charge in [0.2, 0.25) is 0 Å². The van der Waals surface area contributed by atoms with Crippen molar-refractivity contribution in [1.82, 2.24) is 14.9 Å². The molecule has 2 atom stereocenters. The van der Waals surface area contributed by atoms with E-state index in [0.717, 1.165) is 5.56 Å². The maximum Gasteiger partial charge on any atom is 0.261 e. The van der Waals surface area contributed by atoms with Crippen molar-refractivity contribution >= 4 is 44.5 Å². The van der Waals surface area contributed by atoms with E-state index < -0.39 is 28.8 Å². The summed E-state index contributed by atoms with van der Waals surface area (Å²) in [5.41, 5.74) is 3.82. The largest absolute Gasteiger partial charge is 0.455 e. The Kier molecular flexibility index (Phi) is 7.80. The van der Waals surface area contributed by atoms with Gasteiger partial charge in [0.25, 0.3) is 11.5 Å². The molecule has 0 radical (unpaired) electrons. The normalized spacial score (nSPS) is 12.8. The molecular formula is C34H28F2N4O4S. The maximum absolute atomic E-state index is 13.8.